The van der Waals surface area contributed by atoms with E-state index < -0.39 is 0 Å². The van der Waals surface area contributed by atoms with Gasteiger partial charge in [0, 0.05) is 19.8 Å². The molecule has 1 atom stereocenters. The lowest BCUT2D eigenvalue weighted by Crippen LogP contribution is -2.04. The Morgan fingerprint density at radius 2 is 1.67 bits per heavy atom. The van der Waals surface area contributed by atoms with Crippen molar-refractivity contribution < 1.29 is 9.84 Å². The van der Waals surface area contributed by atoms with Gasteiger partial charge in [0.25, 0.3) is 0 Å². The standard InChI is InChI=1S/C13H28O2/c1-12(2)6-4-7-13(3)8-11-15-10-5-9-14/h12-14H,4-11H2,1-3H3. The Labute approximate surface area is 95.0 Å². The third-order valence-corrected chi connectivity index (χ3v) is 2.68. The SMILES string of the molecule is CC(C)CCCC(C)CCOCCCO. The first-order valence-corrected chi connectivity index (χ1v) is 6.35. The molecule has 0 radical (unpaired) electrons. The molecular weight excluding hydrogens is 188 g/mol. The summed E-state index contributed by atoms with van der Waals surface area (Å²) in [5.41, 5.74) is 0. The monoisotopic (exact) mass is 216 g/mol. The van der Waals surface area contributed by atoms with E-state index in [1.165, 1.54) is 19.3 Å². The average Bonchev–Trinajstić information content (AvgIpc) is 2.17. The molecule has 0 aliphatic carbocycles. The van der Waals surface area contributed by atoms with Crippen LogP contribution in [-0.4, -0.2) is 24.9 Å². The molecule has 0 rings (SSSR count). The van der Waals surface area contributed by atoms with Gasteiger partial charge in [-0.05, 0) is 24.7 Å². The van der Waals surface area contributed by atoms with Crippen LogP contribution in [0.4, 0.5) is 0 Å². The van der Waals surface area contributed by atoms with Crippen molar-refractivity contribution in [2.24, 2.45) is 11.8 Å². The van der Waals surface area contributed by atoms with E-state index in [2.05, 4.69) is 20.8 Å². The van der Waals surface area contributed by atoms with E-state index in [0.29, 0.717) is 6.61 Å². The van der Waals surface area contributed by atoms with E-state index in [1.54, 1.807) is 0 Å². The van der Waals surface area contributed by atoms with E-state index in [-0.39, 0.29) is 6.61 Å². The van der Waals surface area contributed by atoms with Crippen LogP contribution in [0, 0.1) is 11.8 Å². The van der Waals surface area contributed by atoms with Gasteiger partial charge in [-0.3, -0.25) is 0 Å². The number of aliphatic hydroxyl groups is 1. The van der Waals surface area contributed by atoms with Gasteiger partial charge in [0.05, 0.1) is 0 Å². The summed E-state index contributed by atoms with van der Waals surface area (Å²) < 4.78 is 5.41. The van der Waals surface area contributed by atoms with Crippen molar-refractivity contribution in [2.45, 2.75) is 52.9 Å². The summed E-state index contributed by atoms with van der Waals surface area (Å²) in [7, 11) is 0. The van der Waals surface area contributed by atoms with Crippen LogP contribution in [0.5, 0.6) is 0 Å². The first kappa shape index (κ1) is 14.9. The molecule has 0 fully saturated rings. The van der Waals surface area contributed by atoms with Gasteiger partial charge in [-0.25, -0.2) is 0 Å². The maximum Gasteiger partial charge on any atom is 0.0487 e. The highest BCUT2D eigenvalue weighted by molar-refractivity contribution is 4.55. The number of hydrogen-bond donors (Lipinski definition) is 1. The third-order valence-electron chi connectivity index (χ3n) is 2.68. The Bertz CT molecular complexity index is 124. The number of rotatable bonds is 10. The first-order valence-electron chi connectivity index (χ1n) is 6.35. The molecule has 0 bridgehead atoms. The summed E-state index contributed by atoms with van der Waals surface area (Å²) in [6, 6.07) is 0. The summed E-state index contributed by atoms with van der Waals surface area (Å²) in [6.07, 6.45) is 5.93. The molecule has 0 saturated heterocycles. The zero-order valence-electron chi connectivity index (χ0n) is 10.7. The van der Waals surface area contributed by atoms with Gasteiger partial charge in [-0.2, -0.15) is 0 Å². The lowest BCUT2D eigenvalue weighted by Gasteiger charge is -2.12. The summed E-state index contributed by atoms with van der Waals surface area (Å²) in [4.78, 5) is 0. The van der Waals surface area contributed by atoms with Crippen molar-refractivity contribution in [3.05, 3.63) is 0 Å². The summed E-state index contributed by atoms with van der Waals surface area (Å²) in [5.74, 6) is 1.61. The Morgan fingerprint density at radius 1 is 0.933 bits per heavy atom. The van der Waals surface area contributed by atoms with Crippen LogP contribution in [0.1, 0.15) is 52.9 Å². The van der Waals surface area contributed by atoms with Crippen LogP contribution < -0.4 is 0 Å². The summed E-state index contributed by atoms with van der Waals surface area (Å²) >= 11 is 0. The Balaban J connectivity index is 3.15. The van der Waals surface area contributed by atoms with Gasteiger partial charge in [0.2, 0.25) is 0 Å². The summed E-state index contributed by atoms with van der Waals surface area (Å²) in [5, 5.41) is 8.56. The van der Waals surface area contributed by atoms with Crippen molar-refractivity contribution in [1.29, 1.82) is 0 Å². The molecule has 0 aliphatic rings. The number of ether oxygens (including phenoxy) is 1. The minimum atomic E-state index is 0.240. The van der Waals surface area contributed by atoms with Crippen molar-refractivity contribution in [3.8, 4) is 0 Å². The Kier molecular flexibility index (Phi) is 10.4. The lowest BCUT2D eigenvalue weighted by atomic mass is 9.98. The topological polar surface area (TPSA) is 29.5 Å². The van der Waals surface area contributed by atoms with E-state index in [9.17, 15) is 0 Å². The van der Waals surface area contributed by atoms with Crippen LogP contribution in [0.15, 0.2) is 0 Å². The average molecular weight is 216 g/mol. The van der Waals surface area contributed by atoms with Crippen LogP contribution in [0.2, 0.25) is 0 Å². The van der Waals surface area contributed by atoms with Crippen molar-refractivity contribution in [2.75, 3.05) is 19.8 Å². The highest BCUT2D eigenvalue weighted by Gasteiger charge is 2.02. The zero-order valence-corrected chi connectivity index (χ0v) is 10.7. The fourth-order valence-electron chi connectivity index (χ4n) is 1.57. The number of hydrogen-bond acceptors (Lipinski definition) is 2. The second-order valence-corrected chi connectivity index (χ2v) is 4.91. The maximum atomic E-state index is 8.56. The fraction of sp³-hybridized carbons (Fsp3) is 1.00. The van der Waals surface area contributed by atoms with Gasteiger partial charge in [-0.1, -0.05) is 40.0 Å². The zero-order chi connectivity index (χ0) is 11.5. The normalized spacial score (nSPS) is 13.4. The first-order chi connectivity index (χ1) is 7.16. The second-order valence-electron chi connectivity index (χ2n) is 4.91. The van der Waals surface area contributed by atoms with Crippen LogP contribution in [0.3, 0.4) is 0 Å². The molecule has 0 spiro atoms. The smallest absolute Gasteiger partial charge is 0.0487 e. The lowest BCUT2D eigenvalue weighted by molar-refractivity contribution is 0.105. The third kappa shape index (κ3) is 11.8. The summed E-state index contributed by atoms with van der Waals surface area (Å²) in [6.45, 7) is 8.66. The van der Waals surface area contributed by atoms with Crippen LogP contribution in [-0.2, 0) is 4.74 Å². The highest BCUT2D eigenvalue weighted by Crippen LogP contribution is 2.14. The Hall–Kier alpha value is -0.0800. The van der Waals surface area contributed by atoms with Gasteiger partial charge >= 0.3 is 0 Å². The van der Waals surface area contributed by atoms with Gasteiger partial charge in [0.15, 0.2) is 0 Å². The molecule has 2 nitrogen and oxygen atoms in total. The van der Waals surface area contributed by atoms with Gasteiger partial charge in [0.1, 0.15) is 0 Å². The van der Waals surface area contributed by atoms with E-state index in [4.69, 9.17) is 9.84 Å². The minimum Gasteiger partial charge on any atom is -0.396 e. The predicted octanol–water partition coefficient (Wildman–Crippen LogP) is 3.24. The molecule has 0 aromatic heterocycles. The van der Waals surface area contributed by atoms with Crippen molar-refractivity contribution >= 4 is 0 Å². The Morgan fingerprint density at radius 3 is 2.27 bits per heavy atom. The minimum absolute atomic E-state index is 0.240. The molecule has 0 aliphatic heterocycles. The van der Waals surface area contributed by atoms with Crippen LogP contribution in [0.25, 0.3) is 0 Å². The quantitative estimate of drug-likeness (QED) is 0.568. The van der Waals surface area contributed by atoms with E-state index in [0.717, 1.165) is 31.3 Å². The molecule has 1 N–H and O–H groups in total. The fourth-order valence-corrected chi connectivity index (χ4v) is 1.57. The van der Waals surface area contributed by atoms with Gasteiger partial charge in [-0.15, -0.1) is 0 Å². The molecular formula is C13H28O2. The predicted molar refractivity (Wildman–Crippen MR) is 65.0 cm³/mol. The van der Waals surface area contributed by atoms with Gasteiger partial charge < -0.3 is 9.84 Å². The van der Waals surface area contributed by atoms with Crippen molar-refractivity contribution in [1.82, 2.24) is 0 Å². The molecule has 15 heavy (non-hydrogen) atoms. The second kappa shape index (κ2) is 10.4. The maximum absolute atomic E-state index is 8.56. The molecule has 0 aromatic rings. The molecule has 2 heteroatoms. The van der Waals surface area contributed by atoms with Crippen LogP contribution >= 0.6 is 0 Å². The molecule has 92 valence electrons. The van der Waals surface area contributed by atoms with Crippen molar-refractivity contribution in [3.63, 3.8) is 0 Å². The molecule has 0 aromatic carbocycles. The molecule has 0 heterocycles. The van der Waals surface area contributed by atoms with E-state index in [1.807, 2.05) is 0 Å². The highest BCUT2D eigenvalue weighted by atomic mass is 16.5. The molecule has 0 saturated carbocycles. The van der Waals surface area contributed by atoms with E-state index >= 15 is 0 Å². The number of aliphatic hydroxyl groups excluding tert-OH is 1. The molecule has 0 amide bonds. The molecule has 1 unspecified atom stereocenters. The largest absolute Gasteiger partial charge is 0.396 e.